The number of rotatable bonds is 4. The number of hydrogen-bond acceptors (Lipinski definition) is 5. The molecule has 1 aromatic carbocycles. The molecule has 154 valence electrons. The average molecular weight is 415 g/mol. The summed E-state index contributed by atoms with van der Waals surface area (Å²) in [5.74, 6) is 1.18. The fourth-order valence-electron chi connectivity index (χ4n) is 4.56. The van der Waals surface area contributed by atoms with Gasteiger partial charge in [0.25, 0.3) is 0 Å². The fourth-order valence-corrected chi connectivity index (χ4v) is 4.69. The minimum Gasteiger partial charge on any atom is -0.387 e. The number of anilines is 1. The number of amides is 1. The maximum Gasteiger partial charge on any atom is 0.230 e. The van der Waals surface area contributed by atoms with Crippen LogP contribution < -0.4 is 4.90 Å². The van der Waals surface area contributed by atoms with E-state index in [2.05, 4.69) is 21.8 Å². The number of piperazine rings is 1. The van der Waals surface area contributed by atoms with E-state index in [1.165, 1.54) is 0 Å². The van der Waals surface area contributed by atoms with Gasteiger partial charge in [0.15, 0.2) is 0 Å². The first kappa shape index (κ1) is 20.1. The maximum atomic E-state index is 13.2. The number of aliphatic hydroxyl groups is 1. The Morgan fingerprint density at radius 2 is 1.90 bits per heavy atom. The second-order valence-corrected chi connectivity index (χ2v) is 8.41. The topological polar surface area (TPSA) is 69.6 Å². The summed E-state index contributed by atoms with van der Waals surface area (Å²) in [6, 6.07) is 7.58. The molecule has 0 saturated carbocycles. The van der Waals surface area contributed by atoms with Crippen molar-refractivity contribution in [3.63, 3.8) is 0 Å². The lowest BCUT2D eigenvalue weighted by Gasteiger charge is -2.37. The summed E-state index contributed by atoms with van der Waals surface area (Å²) in [6.07, 6.45) is 2.49. The van der Waals surface area contributed by atoms with Crippen molar-refractivity contribution in [3.05, 3.63) is 52.4 Å². The predicted molar refractivity (Wildman–Crippen MR) is 113 cm³/mol. The van der Waals surface area contributed by atoms with Crippen molar-refractivity contribution in [3.8, 4) is 0 Å². The Hall–Kier alpha value is -2.18. The summed E-state index contributed by atoms with van der Waals surface area (Å²) in [6.45, 7) is 6.95. The third kappa shape index (κ3) is 3.83. The van der Waals surface area contributed by atoms with Crippen molar-refractivity contribution < 1.29 is 9.90 Å². The van der Waals surface area contributed by atoms with Crippen molar-refractivity contribution >= 4 is 23.3 Å². The Morgan fingerprint density at radius 3 is 2.55 bits per heavy atom. The van der Waals surface area contributed by atoms with E-state index < -0.39 is 6.10 Å². The molecule has 2 aromatic rings. The minimum atomic E-state index is -0.505. The number of fused-ring (bicyclic) bond motifs is 1. The molecule has 1 saturated heterocycles. The first-order valence-electron chi connectivity index (χ1n) is 10.3. The van der Waals surface area contributed by atoms with E-state index in [4.69, 9.17) is 11.6 Å². The number of aliphatic hydroxyl groups excluding tert-OH is 1. The van der Waals surface area contributed by atoms with Crippen LogP contribution in [0.4, 0.5) is 5.82 Å². The molecule has 7 heteroatoms. The van der Waals surface area contributed by atoms with Crippen LogP contribution in [0.1, 0.15) is 61.4 Å². The van der Waals surface area contributed by atoms with Crippen LogP contribution in [0, 0.1) is 0 Å². The van der Waals surface area contributed by atoms with Gasteiger partial charge in [-0.25, -0.2) is 9.97 Å². The molecule has 0 bridgehead atoms. The second-order valence-electron chi connectivity index (χ2n) is 7.97. The Balaban J connectivity index is 1.46. The van der Waals surface area contributed by atoms with Gasteiger partial charge in [0, 0.05) is 36.8 Å². The zero-order valence-corrected chi connectivity index (χ0v) is 17.6. The van der Waals surface area contributed by atoms with Gasteiger partial charge in [-0.3, -0.25) is 4.79 Å². The largest absolute Gasteiger partial charge is 0.387 e. The van der Waals surface area contributed by atoms with Crippen molar-refractivity contribution in [2.75, 3.05) is 31.1 Å². The van der Waals surface area contributed by atoms with Gasteiger partial charge in [-0.2, -0.15) is 0 Å². The minimum absolute atomic E-state index is 0.141. The number of halogens is 1. The zero-order valence-electron chi connectivity index (χ0n) is 16.9. The monoisotopic (exact) mass is 414 g/mol. The summed E-state index contributed by atoms with van der Waals surface area (Å²) >= 11 is 5.99. The molecule has 0 spiro atoms. The predicted octanol–water partition coefficient (Wildman–Crippen LogP) is 3.51. The van der Waals surface area contributed by atoms with E-state index in [0.29, 0.717) is 24.5 Å². The second kappa shape index (κ2) is 8.28. The third-order valence-electron chi connectivity index (χ3n) is 6.15. The van der Waals surface area contributed by atoms with E-state index >= 15 is 0 Å². The van der Waals surface area contributed by atoms with Crippen LogP contribution in [-0.4, -0.2) is 52.1 Å². The Bertz CT molecular complexity index is 881. The zero-order chi connectivity index (χ0) is 20.5. The van der Waals surface area contributed by atoms with Gasteiger partial charge < -0.3 is 14.9 Å². The fraction of sp³-hybridized carbons (Fsp3) is 0.500. The molecular weight excluding hydrogens is 388 g/mol. The third-order valence-corrected chi connectivity index (χ3v) is 6.40. The van der Waals surface area contributed by atoms with Crippen LogP contribution >= 0.6 is 11.6 Å². The van der Waals surface area contributed by atoms with E-state index in [1.807, 2.05) is 36.1 Å². The van der Waals surface area contributed by atoms with Crippen LogP contribution in [0.15, 0.2) is 30.6 Å². The lowest BCUT2D eigenvalue weighted by Crippen LogP contribution is -2.50. The molecule has 0 radical (unpaired) electrons. The smallest absolute Gasteiger partial charge is 0.230 e. The molecule has 1 amide bonds. The van der Waals surface area contributed by atoms with Crippen LogP contribution in [0.3, 0.4) is 0 Å². The molecule has 3 atom stereocenters. The van der Waals surface area contributed by atoms with Crippen LogP contribution in [0.25, 0.3) is 0 Å². The number of carbonyl (C=O) groups is 1. The molecule has 1 N–H and O–H groups in total. The molecule has 29 heavy (non-hydrogen) atoms. The van der Waals surface area contributed by atoms with Gasteiger partial charge in [-0.15, -0.1) is 0 Å². The van der Waals surface area contributed by atoms with Crippen molar-refractivity contribution in [1.82, 2.24) is 14.9 Å². The molecule has 6 nitrogen and oxygen atoms in total. The maximum absolute atomic E-state index is 13.2. The van der Waals surface area contributed by atoms with Gasteiger partial charge in [0.2, 0.25) is 5.91 Å². The molecular formula is C22H27ClN4O2. The number of carbonyl (C=O) groups excluding carboxylic acids is 1. The summed E-state index contributed by atoms with van der Waals surface area (Å²) in [4.78, 5) is 26.2. The average Bonchev–Trinajstić information content (AvgIpc) is 3.04. The van der Waals surface area contributed by atoms with E-state index in [-0.39, 0.29) is 17.7 Å². The number of benzene rings is 1. The highest BCUT2D eigenvalue weighted by molar-refractivity contribution is 6.30. The first-order chi connectivity index (χ1) is 14.0. The standard InChI is InChI=1S/C22H27ClN4O2/c1-3-17(15-4-6-16(23)7-5-15)22(29)27-10-8-26(9-11-27)21-19-14(2)12-18(28)20(19)24-13-25-21/h4-7,13-14,17-18,28H,3,8-12H2,1-2H3/t14-,17-,18-/m1/s1. The molecule has 2 aliphatic rings. The molecule has 1 aliphatic heterocycles. The molecule has 2 heterocycles. The molecule has 1 aliphatic carbocycles. The highest BCUT2D eigenvalue weighted by Crippen LogP contribution is 2.42. The van der Waals surface area contributed by atoms with E-state index in [0.717, 1.165) is 42.1 Å². The Morgan fingerprint density at radius 1 is 1.21 bits per heavy atom. The number of nitrogens with zero attached hydrogens (tertiary/aromatic N) is 4. The summed E-state index contributed by atoms with van der Waals surface area (Å²) < 4.78 is 0. The summed E-state index contributed by atoms with van der Waals surface area (Å²) in [7, 11) is 0. The quantitative estimate of drug-likeness (QED) is 0.828. The number of hydrogen-bond donors (Lipinski definition) is 1. The molecule has 0 unspecified atom stereocenters. The first-order valence-corrected chi connectivity index (χ1v) is 10.7. The van der Waals surface area contributed by atoms with Crippen molar-refractivity contribution in [1.29, 1.82) is 0 Å². The van der Waals surface area contributed by atoms with Crippen LogP contribution in [-0.2, 0) is 4.79 Å². The Labute approximate surface area is 176 Å². The Kier molecular flexibility index (Phi) is 5.74. The van der Waals surface area contributed by atoms with Crippen LogP contribution in [0.5, 0.6) is 0 Å². The summed E-state index contributed by atoms with van der Waals surface area (Å²) in [5, 5.41) is 10.9. The SMILES string of the molecule is CC[C@@H](C(=O)N1CCN(c2ncnc3c2[C@H](C)C[C@H]3O)CC1)c1ccc(Cl)cc1. The molecule has 1 aromatic heterocycles. The van der Waals surface area contributed by atoms with Gasteiger partial charge in [0.1, 0.15) is 12.1 Å². The highest BCUT2D eigenvalue weighted by atomic mass is 35.5. The van der Waals surface area contributed by atoms with Crippen molar-refractivity contribution in [2.45, 2.75) is 44.6 Å². The van der Waals surface area contributed by atoms with Crippen molar-refractivity contribution in [2.24, 2.45) is 0 Å². The lowest BCUT2D eigenvalue weighted by molar-refractivity contribution is -0.133. The summed E-state index contributed by atoms with van der Waals surface area (Å²) in [5.41, 5.74) is 2.84. The molecule has 1 fully saturated rings. The molecule has 4 rings (SSSR count). The van der Waals surface area contributed by atoms with Gasteiger partial charge >= 0.3 is 0 Å². The normalized spacial score (nSPS) is 22.5. The van der Waals surface area contributed by atoms with Gasteiger partial charge in [0.05, 0.1) is 17.7 Å². The van der Waals surface area contributed by atoms with Crippen LogP contribution in [0.2, 0.25) is 5.02 Å². The van der Waals surface area contributed by atoms with E-state index in [1.54, 1.807) is 6.33 Å². The lowest BCUT2D eigenvalue weighted by atomic mass is 9.94. The van der Waals surface area contributed by atoms with Gasteiger partial charge in [-0.1, -0.05) is 37.6 Å². The highest BCUT2D eigenvalue weighted by Gasteiger charge is 2.34. The van der Waals surface area contributed by atoms with E-state index in [9.17, 15) is 9.90 Å². The number of aromatic nitrogens is 2. The van der Waals surface area contributed by atoms with Gasteiger partial charge in [-0.05, 0) is 36.5 Å².